The maximum absolute atomic E-state index is 12.5. The van der Waals surface area contributed by atoms with Gasteiger partial charge in [-0.25, -0.2) is 0 Å². The molecule has 2 rings (SSSR count). The smallest absolute Gasteiger partial charge is 0.223 e. The Balaban J connectivity index is 1.90. The summed E-state index contributed by atoms with van der Waals surface area (Å²) in [5.74, 6) is 0.206. The van der Waals surface area contributed by atoms with E-state index in [-0.39, 0.29) is 18.1 Å². The van der Waals surface area contributed by atoms with Crippen LogP contribution in [0.15, 0.2) is 24.3 Å². The largest absolute Gasteiger partial charge is 0.399 e. The number of hydrogen-bond acceptors (Lipinski definition) is 3. The zero-order valence-corrected chi connectivity index (χ0v) is 13.0. The van der Waals surface area contributed by atoms with Crippen molar-refractivity contribution in [3.05, 3.63) is 29.8 Å². The molecule has 0 spiro atoms. The summed E-state index contributed by atoms with van der Waals surface area (Å²) in [7, 11) is 0. The van der Waals surface area contributed by atoms with E-state index in [0.717, 1.165) is 37.1 Å². The fourth-order valence-corrected chi connectivity index (χ4v) is 2.68. The van der Waals surface area contributed by atoms with Gasteiger partial charge in [-0.15, -0.1) is 0 Å². The second kappa shape index (κ2) is 7.46. The number of nitrogen functional groups attached to an aromatic ring is 1. The summed E-state index contributed by atoms with van der Waals surface area (Å²) in [6.07, 6.45) is 3.90. The second-order valence-electron chi connectivity index (χ2n) is 6.03. The van der Waals surface area contributed by atoms with E-state index in [2.05, 4.69) is 13.8 Å². The van der Waals surface area contributed by atoms with Crippen LogP contribution in [0.3, 0.4) is 0 Å². The molecule has 21 heavy (non-hydrogen) atoms. The van der Waals surface area contributed by atoms with E-state index in [1.807, 2.05) is 29.2 Å². The second-order valence-corrected chi connectivity index (χ2v) is 6.03. The first-order chi connectivity index (χ1) is 10.1. The number of carbonyl (C=O) groups excluding carboxylic acids is 1. The predicted molar refractivity (Wildman–Crippen MR) is 84.7 cm³/mol. The Labute approximate surface area is 127 Å². The zero-order chi connectivity index (χ0) is 15.2. The Hall–Kier alpha value is -1.55. The van der Waals surface area contributed by atoms with E-state index < -0.39 is 0 Å². The first-order valence-electron chi connectivity index (χ1n) is 7.81. The summed E-state index contributed by atoms with van der Waals surface area (Å²) >= 11 is 0. The Bertz CT molecular complexity index is 450. The van der Waals surface area contributed by atoms with Crippen LogP contribution in [0.4, 0.5) is 5.69 Å². The van der Waals surface area contributed by atoms with E-state index in [9.17, 15) is 4.79 Å². The lowest BCUT2D eigenvalue weighted by molar-refractivity contribution is -0.134. The zero-order valence-electron chi connectivity index (χ0n) is 13.0. The number of benzene rings is 1. The van der Waals surface area contributed by atoms with E-state index in [0.29, 0.717) is 13.0 Å². The fourth-order valence-electron chi connectivity index (χ4n) is 2.68. The van der Waals surface area contributed by atoms with Crippen LogP contribution >= 0.6 is 0 Å². The molecule has 1 unspecified atom stereocenters. The molecule has 0 radical (unpaired) electrons. The van der Waals surface area contributed by atoms with Crippen LogP contribution in [0.5, 0.6) is 0 Å². The van der Waals surface area contributed by atoms with Crippen LogP contribution in [0.2, 0.25) is 0 Å². The lowest BCUT2D eigenvalue weighted by atomic mass is 10.1. The number of nitrogens with two attached hydrogens (primary N) is 1. The van der Waals surface area contributed by atoms with Crippen molar-refractivity contribution in [3.63, 3.8) is 0 Å². The fraction of sp³-hybridized carbons (Fsp3) is 0.588. The van der Waals surface area contributed by atoms with Gasteiger partial charge in [0.1, 0.15) is 0 Å². The van der Waals surface area contributed by atoms with Gasteiger partial charge in [0.2, 0.25) is 5.91 Å². The maximum Gasteiger partial charge on any atom is 0.223 e. The molecule has 2 N–H and O–H groups in total. The minimum Gasteiger partial charge on any atom is -0.399 e. The lowest BCUT2D eigenvalue weighted by Gasteiger charge is -2.27. The van der Waals surface area contributed by atoms with Gasteiger partial charge in [-0.1, -0.05) is 12.1 Å². The highest BCUT2D eigenvalue weighted by molar-refractivity contribution is 5.76. The topological polar surface area (TPSA) is 55.6 Å². The summed E-state index contributed by atoms with van der Waals surface area (Å²) in [6.45, 7) is 5.60. The summed E-state index contributed by atoms with van der Waals surface area (Å²) < 4.78 is 5.59. The van der Waals surface area contributed by atoms with Crippen molar-refractivity contribution in [2.45, 2.75) is 58.2 Å². The SMILES string of the molecule is CC(C)N(Cc1ccc(N)cc1)C(=O)CCC1CCCO1. The third-order valence-electron chi connectivity index (χ3n) is 3.98. The predicted octanol–water partition coefficient (Wildman–Crippen LogP) is 2.97. The molecule has 1 heterocycles. The van der Waals surface area contributed by atoms with Crippen LogP contribution in [-0.4, -0.2) is 29.6 Å². The summed E-state index contributed by atoms with van der Waals surface area (Å²) in [6, 6.07) is 7.92. The van der Waals surface area contributed by atoms with Gasteiger partial charge in [-0.05, 0) is 50.8 Å². The van der Waals surface area contributed by atoms with E-state index in [4.69, 9.17) is 10.5 Å². The number of hydrogen-bond donors (Lipinski definition) is 1. The van der Waals surface area contributed by atoms with Crippen molar-refractivity contribution in [3.8, 4) is 0 Å². The van der Waals surface area contributed by atoms with Gasteiger partial charge >= 0.3 is 0 Å². The molecule has 1 saturated heterocycles. The highest BCUT2D eigenvalue weighted by atomic mass is 16.5. The van der Waals surface area contributed by atoms with E-state index in [1.54, 1.807) is 0 Å². The van der Waals surface area contributed by atoms with Crippen LogP contribution in [0.25, 0.3) is 0 Å². The molecule has 1 aliphatic heterocycles. The minimum atomic E-state index is 0.194. The molecule has 4 heteroatoms. The van der Waals surface area contributed by atoms with Crippen LogP contribution < -0.4 is 5.73 Å². The molecule has 0 saturated carbocycles. The molecule has 116 valence electrons. The first kappa shape index (κ1) is 15.8. The summed E-state index contributed by atoms with van der Waals surface area (Å²) in [5.41, 5.74) is 7.56. The normalized spacial score (nSPS) is 18.1. The van der Waals surface area contributed by atoms with Gasteiger partial charge in [-0.3, -0.25) is 4.79 Å². The quantitative estimate of drug-likeness (QED) is 0.819. The van der Waals surface area contributed by atoms with Gasteiger partial charge in [-0.2, -0.15) is 0 Å². The molecule has 1 fully saturated rings. The van der Waals surface area contributed by atoms with Crippen molar-refractivity contribution < 1.29 is 9.53 Å². The van der Waals surface area contributed by atoms with Crippen LogP contribution in [0.1, 0.15) is 45.1 Å². The van der Waals surface area contributed by atoms with Crippen molar-refractivity contribution >= 4 is 11.6 Å². The third-order valence-corrected chi connectivity index (χ3v) is 3.98. The summed E-state index contributed by atoms with van der Waals surface area (Å²) in [5, 5.41) is 0. The molecular formula is C17H26N2O2. The van der Waals surface area contributed by atoms with Gasteiger partial charge in [0, 0.05) is 31.3 Å². The average molecular weight is 290 g/mol. The highest BCUT2D eigenvalue weighted by Gasteiger charge is 2.21. The molecule has 0 aromatic heterocycles. The monoisotopic (exact) mass is 290 g/mol. The molecule has 1 amide bonds. The first-order valence-corrected chi connectivity index (χ1v) is 7.81. The molecular weight excluding hydrogens is 264 g/mol. The molecule has 1 aromatic carbocycles. The number of amides is 1. The maximum atomic E-state index is 12.5. The number of rotatable bonds is 6. The third kappa shape index (κ3) is 4.74. The number of nitrogens with zero attached hydrogens (tertiary/aromatic N) is 1. The average Bonchev–Trinajstić information content (AvgIpc) is 2.97. The van der Waals surface area contributed by atoms with Gasteiger partial charge in [0.25, 0.3) is 0 Å². The Morgan fingerprint density at radius 3 is 2.67 bits per heavy atom. The minimum absolute atomic E-state index is 0.194. The van der Waals surface area contributed by atoms with Crippen molar-refractivity contribution in [2.75, 3.05) is 12.3 Å². The van der Waals surface area contributed by atoms with E-state index >= 15 is 0 Å². The Morgan fingerprint density at radius 2 is 2.10 bits per heavy atom. The van der Waals surface area contributed by atoms with Gasteiger partial charge in [0.15, 0.2) is 0 Å². The lowest BCUT2D eigenvalue weighted by Crippen LogP contribution is -2.36. The number of carbonyl (C=O) groups is 1. The standard InChI is InChI=1S/C17H26N2O2/c1-13(2)19(12-14-5-7-15(18)8-6-14)17(20)10-9-16-4-3-11-21-16/h5-8,13,16H,3-4,9-12,18H2,1-2H3. The van der Waals surface area contributed by atoms with Gasteiger partial charge < -0.3 is 15.4 Å². The van der Waals surface area contributed by atoms with Crippen molar-refractivity contribution in [1.82, 2.24) is 4.90 Å². The molecule has 0 aliphatic carbocycles. The van der Waals surface area contributed by atoms with Crippen LogP contribution in [0, 0.1) is 0 Å². The van der Waals surface area contributed by atoms with Crippen molar-refractivity contribution in [2.24, 2.45) is 0 Å². The molecule has 1 aliphatic rings. The van der Waals surface area contributed by atoms with Gasteiger partial charge in [0.05, 0.1) is 6.10 Å². The number of anilines is 1. The Morgan fingerprint density at radius 1 is 1.38 bits per heavy atom. The molecule has 1 aromatic rings. The Kier molecular flexibility index (Phi) is 5.62. The molecule has 0 bridgehead atoms. The molecule has 1 atom stereocenters. The summed E-state index contributed by atoms with van der Waals surface area (Å²) in [4.78, 5) is 14.4. The van der Waals surface area contributed by atoms with Crippen LogP contribution in [-0.2, 0) is 16.1 Å². The van der Waals surface area contributed by atoms with E-state index in [1.165, 1.54) is 0 Å². The van der Waals surface area contributed by atoms with Crippen molar-refractivity contribution in [1.29, 1.82) is 0 Å². The highest BCUT2D eigenvalue weighted by Crippen LogP contribution is 2.19. The molecule has 4 nitrogen and oxygen atoms in total. The number of ether oxygens (including phenoxy) is 1.